The van der Waals surface area contributed by atoms with Crippen molar-refractivity contribution in [1.29, 1.82) is 0 Å². The molecular weight excluding hydrogens is 274 g/mol. The second kappa shape index (κ2) is 5.95. The first kappa shape index (κ1) is 16.3. The van der Waals surface area contributed by atoms with Gasteiger partial charge in [-0.1, -0.05) is 6.07 Å². The average Bonchev–Trinajstić information content (AvgIpc) is 2.61. The maximum atomic E-state index is 13.7. The Labute approximate surface area is 125 Å². The van der Waals surface area contributed by atoms with Gasteiger partial charge in [-0.2, -0.15) is 0 Å². The van der Waals surface area contributed by atoms with Gasteiger partial charge in [0.05, 0.1) is 17.8 Å². The van der Waals surface area contributed by atoms with Crippen molar-refractivity contribution in [2.24, 2.45) is 0 Å². The van der Waals surface area contributed by atoms with Crippen LogP contribution in [-0.2, 0) is 14.0 Å². The zero-order valence-electron chi connectivity index (χ0n) is 13.2. The fraction of sp³-hybridized carbons (Fsp3) is 0.600. The van der Waals surface area contributed by atoms with Gasteiger partial charge in [-0.15, -0.1) is 0 Å². The monoisotopic (exact) mass is 296 g/mol. The Hall–Kier alpha value is -1.11. The van der Waals surface area contributed by atoms with Gasteiger partial charge in [-0.05, 0) is 45.3 Å². The van der Waals surface area contributed by atoms with Crippen molar-refractivity contribution in [2.75, 3.05) is 20.3 Å². The first-order chi connectivity index (χ1) is 9.77. The van der Waals surface area contributed by atoms with E-state index in [9.17, 15) is 4.39 Å². The predicted molar refractivity (Wildman–Crippen MR) is 79.5 cm³/mol. The van der Waals surface area contributed by atoms with Crippen LogP contribution < -0.4 is 10.2 Å². The molecule has 6 heteroatoms. The Morgan fingerprint density at radius 1 is 1.10 bits per heavy atom. The van der Waals surface area contributed by atoms with Crippen LogP contribution in [0, 0.1) is 5.82 Å². The number of hydrogen-bond acceptors (Lipinski definition) is 4. The largest absolute Gasteiger partial charge is 0.494 e. The summed E-state index contributed by atoms with van der Waals surface area (Å²) in [5.41, 5.74) is -0.117. The average molecular weight is 296 g/mol. The molecule has 0 N–H and O–H groups in total. The van der Waals surface area contributed by atoms with Gasteiger partial charge in [0.1, 0.15) is 6.61 Å². The summed E-state index contributed by atoms with van der Waals surface area (Å²) >= 11 is 0. The summed E-state index contributed by atoms with van der Waals surface area (Å²) in [6.45, 7) is 8.61. The van der Waals surface area contributed by atoms with Gasteiger partial charge in [0.25, 0.3) is 0 Å². The summed E-state index contributed by atoms with van der Waals surface area (Å²) in [7, 11) is 1.04. The molecule has 4 nitrogen and oxygen atoms in total. The van der Waals surface area contributed by atoms with E-state index < -0.39 is 24.1 Å². The third kappa shape index (κ3) is 3.39. The summed E-state index contributed by atoms with van der Waals surface area (Å²) in [6, 6.07) is 4.64. The SMILES string of the molecule is COCCOc1cc(B2OC(C)(C)C(C)(C)O2)ccc1F. The van der Waals surface area contributed by atoms with Gasteiger partial charge in [0.15, 0.2) is 11.6 Å². The van der Waals surface area contributed by atoms with Gasteiger partial charge in [0.2, 0.25) is 0 Å². The molecule has 0 amide bonds. The van der Waals surface area contributed by atoms with E-state index >= 15 is 0 Å². The van der Waals surface area contributed by atoms with Crippen LogP contribution in [0.3, 0.4) is 0 Å². The second-order valence-corrected chi connectivity index (χ2v) is 6.12. The van der Waals surface area contributed by atoms with Gasteiger partial charge < -0.3 is 18.8 Å². The Bertz CT molecular complexity index is 488. The third-order valence-electron chi connectivity index (χ3n) is 4.03. The fourth-order valence-corrected chi connectivity index (χ4v) is 1.99. The van der Waals surface area contributed by atoms with E-state index in [0.29, 0.717) is 13.2 Å². The van der Waals surface area contributed by atoms with Gasteiger partial charge in [0, 0.05) is 7.11 Å². The lowest BCUT2D eigenvalue weighted by atomic mass is 9.79. The highest BCUT2D eigenvalue weighted by atomic mass is 19.1. The number of halogens is 1. The standard InChI is InChI=1S/C15H22BFO4/c1-14(2)15(3,4)21-16(20-14)11-6-7-12(17)13(10-11)19-9-8-18-5/h6-7,10H,8-9H2,1-5H3. The minimum absolute atomic E-state index is 0.180. The number of ether oxygens (including phenoxy) is 2. The summed E-state index contributed by atoms with van der Waals surface area (Å²) in [6.07, 6.45) is 0. The van der Waals surface area contributed by atoms with Crippen molar-refractivity contribution in [1.82, 2.24) is 0 Å². The molecule has 1 aromatic carbocycles. The Morgan fingerprint density at radius 2 is 1.71 bits per heavy atom. The molecule has 1 heterocycles. The Morgan fingerprint density at radius 3 is 2.29 bits per heavy atom. The minimum Gasteiger partial charge on any atom is -0.488 e. The maximum absolute atomic E-state index is 13.7. The maximum Gasteiger partial charge on any atom is 0.494 e. The van der Waals surface area contributed by atoms with Crippen molar-refractivity contribution in [3.8, 4) is 5.75 Å². The highest BCUT2D eigenvalue weighted by Gasteiger charge is 2.51. The number of rotatable bonds is 5. The van der Waals surface area contributed by atoms with Crippen LogP contribution >= 0.6 is 0 Å². The normalized spacial score (nSPS) is 19.8. The smallest absolute Gasteiger partial charge is 0.488 e. The minimum atomic E-state index is -0.527. The lowest BCUT2D eigenvalue weighted by molar-refractivity contribution is 0.00578. The molecule has 1 aromatic rings. The molecular formula is C15H22BFO4. The molecule has 0 bridgehead atoms. The highest BCUT2D eigenvalue weighted by molar-refractivity contribution is 6.62. The lowest BCUT2D eigenvalue weighted by Gasteiger charge is -2.32. The zero-order valence-corrected chi connectivity index (χ0v) is 13.2. The summed E-state index contributed by atoms with van der Waals surface area (Å²) in [5.74, 6) is -0.231. The van der Waals surface area contributed by atoms with Crippen LogP contribution in [0.25, 0.3) is 0 Å². The number of benzene rings is 1. The molecule has 0 spiro atoms. The third-order valence-corrected chi connectivity index (χ3v) is 4.03. The van der Waals surface area contributed by atoms with E-state index in [1.807, 2.05) is 27.7 Å². The van der Waals surface area contributed by atoms with Crippen molar-refractivity contribution >= 4 is 12.6 Å². The molecule has 0 atom stereocenters. The predicted octanol–water partition coefficient (Wildman–Crippen LogP) is 2.15. The molecule has 2 rings (SSSR count). The van der Waals surface area contributed by atoms with E-state index in [0.717, 1.165) is 5.46 Å². The van der Waals surface area contributed by atoms with Gasteiger partial charge >= 0.3 is 7.12 Å². The molecule has 1 saturated heterocycles. The van der Waals surface area contributed by atoms with E-state index in [1.54, 1.807) is 19.2 Å². The van der Waals surface area contributed by atoms with Crippen LogP contribution in [0.2, 0.25) is 0 Å². The molecule has 1 aliphatic rings. The number of hydrogen-bond donors (Lipinski definition) is 0. The van der Waals surface area contributed by atoms with Crippen LogP contribution in [0.4, 0.5) is 4.39 Å². The molecule has 0 saturated carbocycles. The van der Waals surface area contributed by atoms with Crippen LogP contribution in [0.5, 0.6) is 5.75 Å². The van der Waals surface area contributed by atoms with Gasteiger partial charge in [-0.25, -0.2) is 4.39 Å². The first-order valence-corrected chi connectivity index (χ1v) is 7.04. The molecule has 0 radical (unpaired) electrons. The van der Waals surface area contributed by atoms with Crippen molar-refractivity contribution in [3.63, 3.8) is 0 Å². The van der Waals surface area contributed by atoms with Crippen LogP contribution in [0.15, 0.2) is 18.2 Å². The molecule has 116 valence electrons. The van der Waals surface area contributed by atoms with E-state index in [4.69, 9.17) is 18.8 Å². The zero-order chi connectivity index (χ0) is 15.7. The molecule has 0 unspecified atom stereocenters. The first-order valence-electron chi connectivity index (χ1n) is 7.04. The molecule has 1 fully saturated rings. The molecule has 21 heavy (non-hydrogen) atoms. The van der Waals surface area contributed by atoms with Crippen LogP contribution in [-0.4, -0.2) is 38.6 Å². The summed E-state index contributed by atoms with van der Waals surface area (Å²) < 4.78 is 35.9. The molecule has 0 aliphatic carbocycles. The number of methoxy groups -OCH3 is 1. The Balaban J connectivity index is 2.16. The fourth-order valence-electron chi connectivity index (χ4n) is 1.99. The summed E-state index contributed by atoms with van der Waals surface area (Å²) in [4.78, 5) is 0. The van der Waals surface area contributed by atoms with E-state index in [2.05, 4.69) is 0 Å². The molecule has 0 aromatic heterocycles. The quantitative estimate of drug-likeness (QED) is 0.616. The topological polar surface area (TPSA) is 36.9 Å². The van der Waals surface area contributed by atoms with Crippen molar-refractivity contribution < 1.29 is 23.2 Å². The van der Waals surface area contributed by atoms with E-state index in [-0.39, 0.29) is 5.75 Å². The lowest BCUT2D eigenvalue weighted by Crippen LogP contribution is -2.41. The van der Waals surface area contributed by atoms with Gasteiger partial charge in [-0.3, -0.25) is 0 Å². The van der Waals surface area contributed by atoms with E-state index in [1.165, 1.54) is 6.07 Å². The summed E-state index contributed by atoms with van der Waals surface area (Å²) in [5, 5.41) is 0. The van der Waals surface area contributed by atoms with Crippen LogP contribution in [0.1, 0.15) is 27.7 Å². The second-order valence-electron chi connectivity index (χ2n) is 6.12. The highest BCUT2D eigenvalue weighted by Crippen LogP contribution is 2.36. The molecule has 1 aliphatic heterocycles. The van der Waals surface area contributed by atoms with Crippen molar-refractivity contribution in [2.45, 2.75) is 38.9 Å². The Kier molecular flexibility index (Phi) is 4.61. The van der Waals surface area contributed by atoms with Crippen molar-refractivity contribution in [3.05, 3.63) is 24.0 Å².